The minimum Gasteiger partial charge on any atom is -0.423 e. The largest absolute Gasteiger partial charge is 0.423 e. The predicted molar refractivity (Wildman–Crippen MR) is 72.0 cm³/mol. The number of hydrogen-bond acceptors (Lipinski definition) is 4. The molecule has 3 N–H and O–H groups in total. The van der Waals surface area contributed by atoms with E-state index in [1.54, 1.807) is 6.07 Å². The number of rotatable bonds is 1. The van der Waals surface area contributed by atoms with Crippen molar-refractivity contribution in [3.8, 4) is 0 Å². The Morgan fingerprint density at radius 1 is 1.33 bits per heavy atom. The highest BCUT2D eigenvalue weighted by molar-refractivity contribution is 7.80. The van der Waals surface area contributed by atoms with Gasteiger partial charge in [0.05, 0.1) is 0 Å². The fraction of sp³-hybridized carbons (Fsp3) is 0.167. The first-order valence-electron chi connectivity index (χ1n) is 5.50. The number of thiocarbonyl (C=S) groups is 1. The van der Waals surface area contributed by atoms with E-state index in [-0.39, 0.29) is 11.8 Å². The number of benzene rings is 1. The van der Waals surface area contributed by atoms with E-state index in [1.807, 2.05) is 19.1 Å². The van der Waals surface area contributed by atoms with Crippen LogP contribution in [-0.4, -0.2) is 5.11 Å². The lowest BCUT2D eigenvalue weighted by Gasteiger charge is -2.12. The molecule has 2 aromatic rings. The highest BCUT2D eigenvalue weighted by Crippen LogP contribution is 2.23. The molecule has 0 amide bonds. The van der Waals surface area contributed by atoms with Crippen LogP contribution < -0.4 is 21.8 Å². The molecule has 0 saturated carbocycles. The molecule has 1 fully saturated rings. The number of fused-ring (bicyclic) bond motifs is 1. The van der Waals surface area contributed by atoms with Crippen molar-refractivity contribution in [3.05, 3.63) is 45.8 Å². The van der Waals surface area contributed by atoms with Crippen LogP contribution in [0.25, 0.3) is 11.0 Å². The van der Waals surface area contributed by atoms with E-state index in [9.17, 15) is 4.79 Å². The summed E-state index contributed by atoms with van der Waals surface area (Å²) in [4.78, 5) is 11.6. The normalized spacial score (nSPS) is 18.7. The van der Waals surface area contributed by atoms with E-state index in [0.717, 1.165) is 16.5 Å². The van der Waals surface area contributed by atoms with Crippen LogP contribution in [0.5, 0.6) is 0 Å². The van der Waals surface area contributed by atoms with Crippen molar-refractivity contribution >= 4 is 28.3 Å². The highest BCUT2D eigenvalue weighted by atomic mass is 32.1. The van der Waals surface area contributed by atoms with E-state index in [0.29, 0.717) is 10.7 Å². The molecule has 2 heterocycles. The van der Waals surface area contributed by atoms with Crippen LogP contribution in [-0.2, 0) is 0 Å². The lowest BCUT2D eigenvalue weighted by Crippen LogP contribution is -2.27. The minimum absolute atomic E-state index is 0.231. The molecule has 1 atom stereocenters. The average molecular weight is 261 g/mol. The smallest absolute Gasteiger partial charge is 0.336 e. The van der Waals surface area contributed by atoms with Crippen molar-refractivity contribution in [2.75, 3.05) is 0 Å². The molecule has 0 radical (unpaired) electrons. The second-order valence-electron chi connectivity index (χ2n) is 4.20. The second-order valence-corrected chi connectivity index (χ2v) is 4.60. The Hall–Kier alpha value is -1.92. The highest BCUT2D eigenvalue weighted by Gasteiger charge is 2.21. The Bertz CT molecular complexity index is 695. The molecule has 92 valence electrons. The Labute approximate surface area is 108 Å². The summed E-state index contributed by atoms with van der Waals surface area (Å²) < 4.78 is 5.18. The summed E-state index contributed by atoms with van der Waals surface area (Å²) in [6, 6.07) is 7.17. The quantitative estimate of drug-likeness (QED) is 0.527. The molecule has 5 nitrogen and oxygen atoms in total. The third-order valence-corrected chi connectivity index (χ3v) is 3.07. The number of aryl methyl sites for hydroxylation is 1. The first-order chi connectivity index (χ1) is 8.63. The summed E-state index contributed by atoms with van der Waals surface area (Å²) in [6.07, 6.45) is -0.231. The summed E-state index contributed by atoms with van der Waals surface area (Å²) in [6.45, 7) is 1.99. The van der Waals surface area contributed by atoms with Gasteiger partial charge in [-0.15, -0.1) is 0 Å². The fourth-order valence-corrected chi connectivity index (χ4v) is 2.21. The molecule has 18 heavy (non-hydrogen) atoms. The van der Waals surface area contributed by atoms with Gasteiger partial charge in [-0.3, -0.25) is 5.43 Å². The second kappa shape index (κ2) is 4.08. The first kappa shape index (κ1) is 11.2. The summed E-state index contributed by atoms with van der Waals surface area (Å²) in [7, 11) is 0. The third-order valence-electron chi connectivity index (χ3n) is 2.85. The van der Waals surface area contributed by atoms with Gasteiger partial charge in [-0.05, 0) is 31.3 Å². The third kappa shape index (κ3) is 1.85. The molecule has 1 aliphatic heterocycles. The zero-order valence-corrected chi connectivity index (χ0v) is 10.4. The molecule has 0 bridgehead atoms. The standard InChI is InChI=1S/C12H11N3O2S/c1-6-2-3-9-7(4-6)8(5-10(16)17-9)11-13-12(18)15-14-11/h2-5,11,14H,1H3,(H2,13,15,18). The van der Waals surface area contributed by atoms with Crippen LogP contribution in [0.3, 0.4) is 0 Å². The Balaban J connectivity index is 2.23. The number of nitrogens with one attached hydrogen (secondary N) is 3. The molecule has 0 aliphatic carbocycles. The lowest BCUT2D eigenvalue weighted by molar-refractivity contribution is 0.532. The molecular formula is C12H11N3O2S. The van der Waals surface area contributed by atoms with Crippen LogP contribution in [0.4, 0.5) is 0 Å². The van der Waals surface area contributed by atoms with Crippen molar-refractivity contribution in [2.45, 2.75) is 13.1 Å². The lowest BCUT2D eigenvalue weighted by atomic mass is 10.1. The summed E-state index contributed by atoms with van der Waals surface area (Å²) in [5.41, 5.74) is 7.90. The van der Waals surface area contributed by atoms with Gasteiger partial charge in [0.2, 0.25) is 0 Å². The first-order valence-corrected chi connectivity index (χ1v) is 5.91. The van der Waals surface area contributed by atoms with Gasteiger partial charge < -0.3 is 9.73 Å². The molecule has 1 aliphatic rings. The minimum atomic E-state index is -0.372. The van der Waals surface area contributed by atoms with Crippen molar-refractivity contribution in [1.82, 2.24) is 16.2 Å². The van der Waals surface area contributed by atoms with Gasteiger partial charge in [-0.1, -0.05) is 11.6 Å². The molecule has 6 heteroatoms. The van der Waals surface area contributed by atoms with Crippen LogP contribution in [0, 0.1) is 6.92 Å². The Morgan fingerprint density at radius 2 is 2.17 bits per heavy atom. The zero-order chi connectivity index (χ0) is 12.7. The SMILES string of the molecule is Cc1ccc2oc(=O)cc(C3NNC(=S)N3)c2c1. The predicted octanol–water partition coefficient (Wildman–Crippen LogP) is 1.08. The van der Waals surface area contributed by atoms with E-state index in [1.165, 1.54) is 6.07 Å². The molecule has 1 aromatic heterocycles. The van der Waals surface area contributed by atoms with Crippen LogP contribution in [0.15, 0.2) is 33.5 Å². The van der Waals surface area contributed by atoms with Crippen LogP contribution >= 0.6 is 12.2 Å². The summed E-state index contributed by atoms with van der Waals surface area (Å²) in [5.74, 6) is 0. The van der Waals surface area contributed by atoms with Crippen LogP contribution in [0.1, 0.15) is 17.3 Å². The average Bonchev–Trinajstić information content (AvgIpc) is 2.75. The zero-order valence-electron chi connectivity index (χ0n) is 9.61. The number of hydrogen-bond donors (Lipinski definition) is 3. The van der Waals surface area contributed by atoms with Gasteiger partial charge in [0.25, 0.3) is 0 Å². The molecular weight excluding hydrogens is 250 g/mol. The van der Waals surface area contributed by atoms with Crippen molar-refractivity contribution in [1.29, 1.82) is 0 Å². The molecule has 0 spiro atoms. The molecule has 1 aromatic carbocycles. The topological polar surface area (TPSA) is 66.3 Å². The monoisotopic (exact) mass is 261 g/mol. The van der Waals surface area contributed by atoms with Gasteiger partial charge in [0.15, 0.2) is 5.11 Å². The van der Waals surface area contributed by atoms with Gasteiger partial charge in [0.1, 0.15) is 11.7 Å². The molecule has 1 saturated heterocycles. The van der Waals surface area contributed by atoms with Gasteiger partial charge in [-0.25, -0.2) is 10.2 Å². The fourth-order valence-electron chi connectivity index (χ4n) is 2.04. The maximum absolute atomic E-state index is 11.6. The Kier molecular flexibility index (Phi) is 2.53. The van der Waals surface area contributed by atoms with Gasteiger partial charge in [-0.2, -0.15) is 0 Å². The number of hydrazine groups is 1. The maximum Gasteiger partial charge on any atom is 0.336 e. The van der Waals surface area contributed by atoms with E-state index < -0.39 is 0 Å². The maximum atomic E-state index is 11.6. The van der Waals surface area contributed by atoms with Crippen molar-refractivity contribution < 1.29 is 4.42 Å². The van der Waals surface area contributed by atoms with Gasteiger partial charge >= 0.3 is 5.63 Å². The summed E-state index contributed by atoms with van der Waals surface area (Å²) in [5, 5.41) is 4.44. The van der Waals surface area contributed by atoms with Crippen LogP contribution in [0.2, 0.25) is 0 Å². The van der Waals surface area contributed by atoms with E-state index >= 15 is 0 Å². The van der Waals surface area contributed by atoms with Gasteiger partial charge in [0, 0.05) is 17.0 Å². The van der Waals surface area contributed by atoms with Crippen molar-refractivity contribution in [3.63, 3.8) is 0 Å². The molecule has 1 unspecified atom stereocenters. The summed E-state index contributed by atoms with van der Waals surface area (Å²) >= 11 is 4.99. The Morgan fingerprint density at radius 3 is 2.89 bits per heavy atom. The van der Waals surface area contributed by atoms with E-state index in [2.05, 4.69) is 16.2 Å². The molecule has 3 rings (SSSR count). The van der Waals surface area contributed by atoms with E-state index in [4.69, 9.17) is 16.6 Å². The van der Waals surface area contributed by atoms with Crippen molar-refractivity contribution in [2.24, 2.45) is 0 Å².